The van der Waals surface area contributed by atoms with E-state index in [9.17, 15) is 0 Å². The molecule has 2 rings (SSSR count). The monoisotopic (exact) mass is 436 g/mol. The zero-order valence-electron chi connectivity index (χ0n) is 22.1. The summed E-state index contributed by atoms with van der Waals surface area (Å²) in [5, 5.41) is 0. The van der Waals surface area contributed by atoms with Crippen LogP contribution >= 0.6 is 0 Å². The molecule has 0 amide bonds. The average Bonchev–Trinajstić information content (AvgIpc) is 2.82. The van der Waals surface area contributed by atoms with E-state index in [1.54, 1.807) is 0 Å². The Labute approximate surface area is 198 Å². The molecule has 0 aliphatic carbocycles. The van der Waals surface area contributed by atoms with E-state index < -0.39 is 0 Å². The van der Waals surface area contributed by atoms with Gasteiger partial charge in [-0.15, -0.1) is 0 Å². The van der Waals surface area contributed by atoms with E-state index >= 15 is 0 Å². The van der Waals surface area contributed by atoms with Crippen LogP contribution in [-0.4, -0.2) is 12.1 Å². The molecule has 0 aliphatic rings. The molecule has 2 heteroatoms. The van der Waals surface area contributed by atoms with E-state index in [1.165, 1.54) is 51.9 Å². The van der Waals surface area contributed by atoms with Gasteiger partial charge in [0.1, 0.15) is 0 Å². The van der Waals surface area contributed by atoms with E-state index in [1.807, 2.05) is 0 Å². The number of aryl methyl sites for hydroxylation is 6. The molecule has 2 unspecified atom stereocenters. The van der Waals surface area contributed by atoms with Crippen molar-refractivity contribution < 1.29 is 0 Å². The highest BCUT2D eigenvalue weighted by Crippen LogP contribution is 2.34. The number of hydrogen-bond donors (Lipinski definition) is 1. The summed E-state index contributed by atoms with van der Waals surface area (Å²) in [6.07, 6.45) is 8.69. The number of nitrogens with two attached hydrogens (primary N) is 1. The third-order valence-electron chi connectivity index (χ3n) is 7.35. The molecular weight excluding hydrogens is 388 g/mol. The number of rotatable bonds is 12. The van der Waals surface area contributed by atoms with Gasteiger partial charge in [0.25, 0.3) is 0 Å². The van der Waals surface area contributed by atoms with Crippen LogP contribution in [0.5, 0.6) is 0 Å². The van der Waals surface area contributed by atoms with Gasteiger partial charge in [-0.05, 0) is 98.6 Å². The van der Waals surface area contributed by atoms with Crippen molar-refractivity contribution >= 4 is 11.4 Å². The molecule has 0 saturated carbocycles. The van der Waals surface area contributed by atoms with Gasteiger partial charge in [-0.25, -0.2) is 0 Å². The van der Waals surface area contributed by atoms with Gasteiger partial charge in [0.15, 0.2) is 0 Å². The fraction of sp³-hybridized carbons (Fsp3) is 0.600. The fourth-order valence-corrected chi connectivity index (χ4v) is 4.98. The molecule has 32 heavy (non-hydrogen) atoms. The molecular formula is C30H48N2. The molecule has 2 N–H and O–H groups in total. The van der Waals surface area contributed by atoms with Crippen LogP contribution in [0, 0.1) is 0 Å². The van der Waals surface area contributed by atoms with Crippen molar-refractivity contribution in [1.82, 2.24) is 0 Å². The largest absolute Gasteiger partial charge is 0.398 e. The number of nitrogens with zero attached hydrogens (tertiary/aromatic N) is 1. The SMILES string of the molecule is CCc1cc(CCc2cc(CC)c(N(C(C)CC)C(C)CC)c(CC)c2)cc(CC)c1N. The normalized spacial score (nSPS) is 13.2. The number of benzene rings is 2. The van der Waals surface area contributed by atoms with Crippen LogP contribution < -0.4 is 10.6 Å². The van der Waals surface area contributed by atoms with Crippen molar-refractivity contribution in [1.29, 1.82) is 0 Å². The zero-order valence-corrected chi connectivity index (χ0v) is 22.1. The van der Waals surface area contributed by atoms with Gasteiger partial charge in [-0.1, -0.05) is 65.8 Å². The smallest absolute Gasteiger partial charge is 0.0436 e. The van der Waals surface area contributed by atoms with Gasteiger partial charge < -0.3 is 10.6 Å². The molecule has 0 saturated heterocycles. The standard InChI is InChI=1S/C30H48N2/c1-9-21(7)32(22(8)10-2)30-27(13-5)19-24(20-28(30)14-6)16-15-23-17-25(11-3)29(31)26(12-4)18-23/h17-22H,9-16,31H2,1-8H3. The molecule has 0 aliphatic heterocycles. The van der Waals surface area contributed by atoms with Crippen LogP contribution in [0.25, 0.3) is 0 Å². The minimum absolute atomic E-state index is 0.557. The van der Waals surface area contributed by atoms with Crippen molar-refractivity contribution in [2.45, 2.75) is 119 Å². The molecule has 2 aromatic carbocycles. The molecule has 0 radical (unpaired) electrons. The lowest BCUT2D eigenvalue weighted by Gasteiger charge is -2.39. The summed E-state index contributed by atoms with van der Waals surface area (Å²) in [4.78, 5) is 2.71. The van der Waals surface area contributed by atoms with E-state index in [0.717, 1.165) is 44.2 Å². The minimum Gasteiger partial charge on any atom is -0.398 e. The van der Waals surface area contributed by atoms with E-state index in [2.05, 4.69) is 84.6 Å². The summed E-state index contributed by atoms with van der Waals surface area (Å²) < 4.78 is 0. The first-order chi connectivity index (χ1) is 15.3. The third kappa shape index (κ3) is 5.88. The Bertz CT molecular complexity index is 807. The summed E-state index contributed by atoms with van der Waals surface area (Å²) in [7, 11) is 0. The lowest BCUT2D eigenvalue weighted by Crippen LogP contribution is -2.41. The number of nitrogen functional groups attached to an aromatic ring is 1. The highest BCUT2D eigenvalue weighted by Gasteiger charge is 2.23. The summed E-state index contributed by atoms with van der Waals surface area (Å²) in [5.41, 5.74) is 17.4. The summed E-state index contributed by atoms with van der Waals surface area (Å²) in [5.74, 6) is 0. The maximum absolute atomic E-state index is 6.37. The van der Waals surface area contributed by atoms with E-state index in [4.69, 9.17) is 5.73 Å². The maximum Gasteiger partial charge on any atom is 0.0436 e. The van der Waals surface area contributed by atoms with Gasteiger partial charge >= 0.3 is 0 Å². The lowest BCUT2D eigenvalue weighted by molar-refractivity contribution is 0.524. The van der Waals surface area contributed by atoms with Gasteiger partial charge in [0.05, 0.1) is 0 Å². The summed E-state index contributed by atoms with van der Waals surface area (Å²) in [6.45, 7) is 18.4. The third-order valence-corrected chi connectivity index (χ3v) is 7.35. The highest BCUT2D eigenvalue weighted by atomic mass is 15.2. The fourth-order valence-electron chi connectivity index (χ4n) is 4.98. The first kappa shape index (κ1) is 26.3. The Morgan fingerprint density at radius 2 is 0.969 bits per heavy atom. The minimum atomic E-state index is 0.557. The Balaban J connectivity index is 2.41. The number of anilines is 2. The van der Waals surface area contributed by atoms with Gasteiger partial charge in [-0.3, -0.25) is 0 Å². The zero-order chi connectivity index (χ0) is 23.8. The molecule has 0 spiro atoms. The molecule has 0 bridgehead atoms. The highest BCUT2D eigenvalue weighted by molar-refractivity contribution is 5.63. The first-order valence-corrected chi connectivity index (χ1v) is 13.2. The second-order valence-electron chi connectivity index (χ2n) is 9.43. The summed E-state index contributed by atoms with van der Waals surface area (Å²) in [6, 6.07) is 10.8. The van der Waals surface area contributed by atoms with Crippen LogP contribution in [-0.2, 0) is 38.5 Å². The predicted octanol–water partition coefficient (Wildman–Crippen LogP) is 7.71. The molecule has 0 fully saturated rings. The second-order valence-corrected chi connectivity index (χ2v) is 9.43. The molecule has 2 atom stereocenters. The Morgan fingerprint density at radius 1 is 0.625 bits per heavy atom. The second kappa shape index (κ2) is 12.3. The van der Waals surface area contributed by atoms with Gasteiger partial charge in [0.2, 0.25) is 0 Å². The molecule has 0 heterocycles. The van der Waals surface area contributed by atoms with Crippen molar-refractivity contribution in [3.63, 3.8) is 0 Å². The van der Waals surface area contributed by atoms with Crippen molar-refractivity contribution in [2.24, 2.45) is 0 Å². The van der Waals surface area contributed by atoms with Crippen LogP contribution in [0.1, 0.15) is 102 Å². The quantitative estimate of drug-likeness (QED) is 0.345. The molecule has 2 aromatic rings. The van der Waals surface area contributed by atoms with E-state index in [0.29, 0.717) is 12.1 Å². The van der Waals surface area contributed by atoms with Gasteiger partial charge in [0, 0.05) is 23.5 Å². The van der Waals surface area contributed by atoms with Crippen molar-refractivity contribution in [3.8, 4) is 0 Å². The lowest BCUT2D eigenvalue weighted by atomic mass is 9.92. The Kier molecular flexibility index (Phi) is 10.1. The Hall–Kier alpha value is -1.96. The van der Waals surface area contributed by atoms with Crippen LogP contribution in [0.15, 0.2) is 24.3 Å². The van der Waals surface area contributed by atoms with Crippen molar-refractivity contribution in [2.75, 3.05) is 10.6 Å². The first-order valence-electron chi connectivity index (χ1n) is 13.2. The van der Waals surface area contributed by atoms with Gasteiger partial charge in [-0.2, -0.15) is 0 Å². The summed E-state index contributed by atoms with van der Waals surface area (Å²) >= 11 is 0. The molecule has 2 nitrogen and oxygen atoms in total. The maximum atomic E-state index is 6.37. The van der Waals surface area contributed by atoms with Crippen LogP contribution in [0.4, 0.5) is 11.4 Å². The number of hydrogen-bond acceptors (Lipinski definition) is 2. The van der Waals surface area contributed by atoms with Crippen LogP contribution in [0.2, 0.25) is 0 Å². The topological polar surface area (TPSA) is 29.3 Å². The van der Waals surface area contributed by atoms with E-state index in [-0.39, 0.29) is 0 Å². The average molecular weight is 437 g/mol. The predicted molar refractivity (Wildman–Crippen MR) is 144 cm³/mol. The van der Waals surface area contributed by atoms with Crippen molar-refractivity contribution in [3.05, 3.63) is 57.6 Å². The Morgan fingerprint density at radius 3 is 1.28 bits per heavy atom. The molecule has 178 valence electrons. The molecule has 0 aromatic heterocycles. The van der Waals surface area contributed by atoms with Crippen LogP contribution in [0.3, 0.4) is 0 Å².